The van der Waals surface area contributed by atoms with Crippen molar-refractivity contribution in [1.29, 1.82) is 0 Å². The molecule has 0 aromatic carbocycles. The maximum absolute atomic E-state index is 10.6. The summed E-state index contributed by atoms with van der Waals surface area (Å²) in [5.74, 6) is -0.293. The fourth-order valence-electron chi connectivity index (χ4n) is 1.00. The summed E-state index contributed by atoms with van der Waals surface area (Å²) < 4.78 is 10.5. The van der Waals surface area contributed by atoms with Crippen LogP contribution in [0.2, 0.25) is 0 Å². The van der Waals surface area contributed by atoms with Gasteiger partial charge in [0.25, 0.3) is 0 Å². The average molecular weight is 230 g/mol. The zero-order valence-electron chi connectivity index (χ0n) is 8.56. The maximum Gasteiger partial charge on any atom is 0.346 e. The average Bonchev–Trinajstić information content (AvgIpc) is 2.66. The summed E-state index contributed by atoms with van der Waals surface area (Å²) in [5, 5.41) is 10.4. The third kappa shape index (κ3) is 4.31. The predicted molar refractivity (Wildman–Crippen MR) is 57.9 cm³/mol. The van der Waals surface area contributed by atoms with Crippen LogP contribution in [0.5, 0.6) is 5.75 Å². The Kier molecular flexibility index (Phi) is 5.14. The molecule has 0 amide bonds. The SMILES string of the molecule is CCOCCCOc1csc(C(=O)O)c1. The first-order chi connectivity index (χ1) is 7.24. The van der Waals surface area contributed by atoms with Gasteiger partial charge in [-0.05, 0) is 6.92 Å². The van der Waals surface area contributed by atoms with E-state index < -0.39 is 5.97 Å². The van der Waals surface area contributed by atoms with Crippen LogP contribution in [0.1, 0.15) is 23.0 Å². The number of hydrogen-bond donors (Lipinski definition) is 1. The van der Waals surface area contributed by atoms with Crippen molar-refractivity contribution < 1.29 is 19.4 Å². The summed E-state index contributed by atoms with van der Waals surface area (Å²) in [6, 6.07) is 1.54. The van der Waals surface area contributed by atoms with Crippen LogP contribution in [0.25, 0.3) is 0 Å². The van der Waals surface area contributed by atoms with E-state index in [1.165, 1.54) is 17.4 Å². The summed E-state index contributed by atoms with van der Waals surface area (Å²) in [5.41, 5.74) is 0. The van der Waals surface area contributed by atoms with Crippen molar-refractivity contribution in [3.63, 3.8) is 0 Å². The second-order valence-electron chi connectivity index (χ2n) is 2.85. The van der Waals surface area contributed by atoms with Crippen molar-refractivity contribution in [2.75, 3.05) is 19.8 Å². The van der Waals surface area contributed by atoms with Gasteiger partial charge in [0.15, 0.2) is 0 Å². The second-order valence-corrected chi connectivity index (χ2v) is 3.76. The van der Waals surface area contributed by atoms with Crippen molar-refractivity contribution in [2.45, 2.75) is 13.3 Å². The van der Waals surface area contributed by atoms with E-state index >= 15 is 0 Å². The molecule has 5 heteroatoms. The Bertz CT molecular complexity index is 308. The molecular weight excluding hydrogens is 216 g/mol. The van der Waals surface area contributed by atoms with Crippen molar-refractivity contribution in [1.82, 2.24) is 0 Å². The molecule has 1 aromatic heterocycles. The van der Waals surface area contributed by atoms with E-state index in [1.807, 2.05) is 6.92 Å². The first kappa shape index (κ1) is 12.0. The molecule has 1 heterocycles. The minimum atomic E-state index is -0.913. The molecule has 1 N–H and O–H groups in total. The van der Waals surface area contributed by atoms with Crippen LogP contribution >= 0.6 is 11.3 Å². The Morgan fingerprint density at radius 1 is 1.53 bits per heavy atom. The van der Waals surface area contributed by atoms with Gasteiger partial charge in [0.05, 0.1) is 6.61 Å². The minimum absolute atomic E-state index is 0.301. The number of aromatic carboxylic acids is 1. The summed E-state index contributed by atoms with van der Waals surface area (Å²) in [7, 11) is 0. The molecule has 0 saturated carbocycles. The second kappa shape index (κ2) is 6.42. The van der Waals surface area contributed by atoms with Crippen LogP contribution in [0.15, 0.2) is 11.4 Å². The van der Waals surface area contributed by atoms with Crippen molar-refractivity contribution in [3.8, 4) is 5.75 Å². The molecule has 0 aliphatic carbocycles. The Hall–Kier alpha value is -1.07. The Balaban J connectivity index is 2.23. The number of ether oxygens (including phenoxy) is 2. The molecule has 0 fully saturated rings. The number of carboxylic acids is 1. The van der Waals surface area contributed by atoms with Gasteiger partial charge in [-0.3, -0.25) is 0 Å². The highest BCUT2D eigenvalue weighted by molar-refractivity contribution is 7.12. The number of hydrogen-bond acceptors (Lipinski definition) is 4. The molecule has 0 aliphatic rings. The molecule has 4 nitrogen and oxygen atoms in total. The lowest BCUT2D eigenvalue weighted by atomic mass is 10.4. The Morgan fingerprint density at radius 3 is 2.93 bits per heavy atom. The smallest absolute Gasteiger partial charge is 0.346 e. The van der Waals surface area contributed by atoms with E-state index in [2.05, 4.69) is 0 Å². The van der Waals surface area contributed by atoms with Gasteiger partial charge < -0.3 is 14.6 Å². The lowest BCUT2D eigenvalue weighted by molar-refractivity contribution is 0.0701. The highest BCUT2D eigenvalue weighted by atomic mass is 32.1. The van der Waals surface area contributed by atoms with E-state index in [0.29, 0.717) is 30.4 Å². The highest BCUT2D eigenvalue weighted by Gasteiger charge is 2.06. The molecule has 1 aromatic rings. The zero-order valence-corrected chi connectivity index (χ0v) is 9.38. The molecule has 84 valence electrons. The molecule has 0 saturated heterocycles. The summed E-state index contributed by atoms with van der Waals surface area (Å²) in [4.78, 5) is 10.9. The minimum Gasteiger partial charge on any atom is -0.493 e. The molecule has 0 radical (unpaired) electrons. The predicted octanol–water partition coefficient (Wildman–Crippen LogP) is 2.25. The third-order valence-electron chi connectivity index (χ3n) is 1.69. The molecule has 15 heavy (non-hydrogen) atoms. The van der Waals surface area contributed by atoms with Crippen molar-refractivity contribution >= 4 is 17.3 Å². The van der Waals surface area contributed by atoms with Gasteiger partial charge in [0.1, 0.15) is 10.6 Å². The van der Waals surface area contributed by atoms with E-state index in [9.17, 15) is 4.79 Å². The molecule has 0 aliphatic heterocycles. The number of carbonyl (C=O) groups is 1. The largest absolute Gasteiger partial charge is 0.493 e. The van der Waals surface area contributed by atoms with Crippen LogP contribution in [0.3, 0.4) is 0 Å². The van der Waals surface area contributed by atoms with Crippen LogP contribution in [0.4, 0.5) is 0 Å². The van der Waals surface area contributed by atoms with Gasteiger partial charge in [-0.25, -0.2) is 4.79 Å². The standard InChI is InChI=1S/C10H14O4S/c1-2-13-4-3-5-14-8-6-9(10(11)12)15-7-8/h6-7H,2-5H2,1H3,(H,11,12). The van der Waals surface area contributed by atoms with Crippen molar-refractivity contribution in [2.24, 2.45) is 0 Å². The van der Waals surface area contributed by atoms with Gasteiger partial charge in [0.2, 0.25) is 0 Å². The number of carboxylic acid groups (broad SMARTS) is 1. The van der Waals surface area contributed by atoms with Gasteiger partial charge in [0, 0.05) is 31.1 Å². The number of thiophene rings is 1. The van der Waals surface area contributed by atoms with Gasteiger partial charge in [-0.1, -0.05) is 0 Å². The molecule has 0 unspecified atom stereocenters. The summed E-state index contributed by atoms with van der Waals surface area (Å²) in [6.07, 6.45) is 0.812. The normalized spacial score (nSPS) is 10.2. The van der Waals surface area contributed by atoms with Crippen LogP contribution < -0.4 is 4.74 Å². The van der Waals surface area contributed by atoms with Crippen LogP contribution in [-0.4, -0.2) is 30.9 Å². The van der Waals surface area contributed by atoms with Crippen LogP contribution in [0, 0.1) is 0 Å². The van der Waals surface area contributed by atoms with E-state index in [4.69, 9.17) is 14.6 Å². The fraction of sp³-hybridized carbons (Fsp3) is 0.500. The number of rotatable bonds is 7. The van der Waals surface area contributed by atoms with Crippen molar-refractivity contribution in [3.05, 3.63) is 16.3 Å². The topological polar surface area (TPSA) is 55.8 Å². The third-order valence-corrected chi connectivity index (χ3v) is 2.59. The first-order valence-corrected chi connectivity index (χ1v) is 5.64. The summed E-state index contributed by atoms with van der Waals surface area (Å²) >= 11 is 1.17. The highest BCUT2D eigenvalue weighted by Crippen LogP contribution is 2.21. The lowest BCUT2D eigenvalue weighted by Gasteiger charge is -2.03. The molecule has 0 bridgehead atoms. The quantitative estimate of drug-likeness (QED) is 0.730. The monoisotopic (exact) mass is 230 g/mol. The lowest BCUT2D eigenvalue weighted by Crippen LogP contribution is -2.02. The molecular formula is C10H14O4S. The van der Waals surface area contributed by atoms with Gasteiger partial charge >= 0.3 is 5.97 Å². The van der Waals surface area contributed by atoms with E-state index in [0.717, 1.165) is 6.42 Å². The molecule has 0 atom stereocenters. The molecule has 1 rings (SSSR count). The Morgan fingerprint density at radius 2 is 2.33 bits per heavy atom. The fourth-order valence-corrected chi connectivity index (χ4v) is 1.67. The maximum atomic E-state index is 10.6. The Labute approximate surface area is 92.4 Å². The first-order valence-electron chi connectivity index (χ1n) is 4.76. The van der Waals surface area contributed by atoms with Crippen LogP contribution in [-0.2, 0) is 4.74 Å². The van der Waals surface area contributed by atoms with E-state index in [1.54, 1.807) is 5.38 Å². The van der Waals surface area contributed by atoms with E-state index in [-0.39, 0.29) is 0 Å². The molecule has 0 spiro atoms. The zero-order chi connectivity index (χ0) is 11.1. The van der Waals surface area contributed by atoms with Gasteiger partial charge in [-0.2, -0.15) is 0 Å². The summed E-state index contributed by atoms with van der Waals surface area (Å²) in [6.45, 7) is 3.88. The van der Waals surface area contributed by atoms with Gasteiger partial charge in [-0.15, -0.1) is 11.3 Å².